The van der Waals surface area contributed by atoms with Gasteiger partial charge in [-0.3, -0.25) is 9.52 Å². The van der Waals surface area contributed by atoms with Crippen molar-refractivity contribution in [2.24, 2.45) is 7.05 Å². The van der Waals surface area contributed by atoms with Gasteiger partial charge in [0, 0.05) is 30.4 Å². The van der Waals surface area contributed by atoms with Gasteiger partial charge in [0.2, 0.25) is 15.6 Å². The van der Waals surface area contributed by atoms with Crippen LogP contribution >= 0.6 is 0 Å². The SMILES string of the molecule is Cc1cc(Oc2ccccc2)c(-c2ccc(=O)n(C)c2)cc1NS(C)(=O)=O. The van der Waals surface area contributed by atoms with Crippen LogP contribution in [-0.2, 0) is 17.1 Å². The van der Waals surface area contributed by atoms with Crippen LogP contribution in [0.5, 0.6) is 11.5 Å². The lowest BCUT2D eigenvalue weighted by atomic mass is 10.0. The highest BCUT2D eigenvalue weighted by molar-refractivity contribution is 7.92. The van der Waals surface area contributed by atoms with E-state index in [1.54, 1.807) is 38.4 Å². The number of benzene rings is 2. The molecule has 1 N–H and O–H groups in total. The van der Waals surface area contributed by atoms with E-state index in [0.717, 1.165) is 17.4 Å². The number of rotatable bonds is 5. The number of anilines is 1. The van der Waals surface area contributed by atoms with Crippen molar-refractivity contribution in [1.82, 2.24) is 4.57 Å². The maximum Gasteiger partial charge on any atom is 0.250 e. The first-order chi connectivity index (χ1) is 12.7. The van der Waals surface area contributed by atoms with Crippen LogP contribution in [0.25, 0.3) is 11.1 Å². The second kappa shape index (κ2) is 7.28. The van der Waals surface area contributed by atoms with Gasteiger partial charge in [0.15, 0.2) is 0 Å². The van der Waals surface area contributed by atoms with Crippen LogP contribution in [-0.4, -0.2) is 19.2 Å². The summed E-state index contributed by atoms with van der Waals surface area (Å²) in [4.78, 5) is 11.7. The van der Waals surface area contributed by atoms with Crippen molar-refractivity contribution in [3.63, 3.8) is 0 Å². The highest BCUT2D eigenvalue weighted by Gasteiger charge is 2.14. The summed E-state index contributed by atoms with van der Waals surface area (Å²) in [6, 6.07) is 16.0. The highest BCUT2D eigenvalue weighted by atomic mass is 32.2. The number of sulfonamides is 1. The van der Waals surface area contributed by atoms with E-state index in [9.17, 15) is 13.2 Å². The molecule has 2 aromatic carbocycles. The van der Waals surface area contributed by atoms with E-state index in [-0.39, 0.29) is 5.56 Å². The van der Waals surface area contributed by atoms with Crippen molar-refractivity contribution in [3.8, 4) is 22.6 Å². The number of pyridine rings is 1. The first kappa shape index (κ1) is 18.7. The average molecular weight is 384 g/mol. The third-order valence-corrected chi connectivity index (χ3v) is 4.58. The molecule has 3 rings (SSSR count). The molecule has 7 heteroatoms. The lowest BCUT2D eigenvalue weighted by molar-refractivity contribution is 0.484. The van der Waals surface area contributed by atoms with E-state index < -0.39 is 10.0 Å². The summed E-state index contributed by atoms with van der Waals surface area (Å²) >= 11 is 0. The van der Waals surface area contributed by atoms with E-state index in [1.165, 1.54) is 10.6 Å². The Bertz CT molecular complexity index is 1140. The Morgan fingerprint density at radius 1 is 1.04 bits per heavy atom. The summed E-state index contributed by atoms with van der Waals surface area (Å²) in [5, 5.41) is 0. The molecule has 3 aromatic rings. The molecule has 27 heavy (non-hydrogen) atoms. The zero-order valence-electron chi connectivity index (χ0n) is 15.3. The highest BCUT2D eigenvalue weighted by Crippen LogP contribution is 2.37. The quantitative estimate of drug-likeness (QED) is 0.730. The molecule has 0 aliphatic rings. The minimum Gasteiger partial charge on any atom is -0.457 e. The third kappa shape index (κ3) is 4.57. The number of nitrogens with zero attached hydrogens (tertiary/aromatic N) is 1. The van der Waals surface area contributed by atoms with Crippen molar-refractivity contribution in [2.45, 2.75) is 6.92 Å². The van der Waals surface area contributed by atoms with Crippen LogP contribution in [0.15, 0.2) is 65.6 Å². The second-order valence-corrected chi connectivity index (χ2v) is 8.07. The molecule has 6 nitrogen and oxygen atoms in total. The smallest absolute Gasteiger partial charge is 0.250 e. The summed E-state index contributed by atoms with van der Waals surface area (Å²) in [7, 11) is -1.77. The Hall–Kier alpha value is -3.06. The zero-order chi connectivity index (χ0) is 19.6. The van der Waals surface area contributed by atoms with E-state index in [1.807, 2.05) is 30.3 Å². The topological polar surface area (TPSA) is 77.4 Å². The summed E-state index contributed by atoms with van der Waals surface area (Å²) in [6.07, 6.45) is 2.79. The summed E-state index contributed by atoms with van der Waals surface area (Å²) in [5.41, 5.74) is 2.46. The van der Waals surface area contributed by atoms with Crippen LogP contribution < -0.4 is 15.0 Å². The molecule has 0 fully saturated rings. The van der Waals surface area contributed by atoms with Crippen LogP contribution in [0, 0.1) is 6.92 Å². The van der Waals surface area contributed by atoms with Gasteiger partial charge in [0.1, 0.15) is 11.5 Å². The van der Waals surface area contributed by atoms with Gasteiger partial charge in [-0.2, -0.15) is 0 Å². The van der Waals surface area contributed by atoms with Gasteiger partial charge in [-0.1, -0.05) is 18.2 Å². The third-order valence-electron chi connectivity index (χ3n) is 3.99. The summed E-state index contributed by atoms with van der Waals surface area (Å²) in [5.74, 6) is 1.23. The minimum atomic E-state index is -3.43. The number of aryl methyl sites for hydroxylation is 2. The molecule has 0 radical (unpaired) electrons. The van der Waals surface area contributed by atoms with Crippen molar-refractivity contribution in [2.75, 3.05) is 11.0 Å². The summed E-state index contributed by atoms with van der Waals surface area (Å²) in [6.45, 7) is 1.80. The fourth-order valence-corrected chi connectivity index (χ4v) is 3.29. The number of hydrogen-bond acceptors (Lipinski definition) is 4. The summed E-state index contributed by atoms with van der Waals surface area (Å²) < 4.78 is 33.4. The molecule has 0 unspecified atom stereocenters. The Kier molecular flexibility index (Phi) is 5.05. The van der Waals surface area contributed by atoms with E-state index in [2.05, 4.69) is 4.72 Å². The molecule has 0 aliphatic heterocycles. The van der Waals surface area contributed by atoms with Gasteiger partial charge in [-0.05, 0) is 42.8 Å². The molecule has 0 amide bonds. The number of hydrogen-bond donors (Lipinski definition) is 1. The molecule has 0 spiro atoms. The normalized spacial score (nSPS) is 11.2. The molecule has 0 bridgehead atoms. The predicted molar refractivity (Wildman–Crippen MR) is 107 cm³/mol. The number of para-hydroxylation sites is 1. The largest absolute Gasteiger partial charge is 0.457 e. The van der Waals surface area contributed by atoms with Gasteiger partial charge in [-0.15, -0.1) is 0 Å². The lowest BCUT2D eigenvalue weighted by Crippen LogP contribution is -2.14. The number of ether oxygens (including phenoxy) is 1. The molecule has 0 aliphatic carbocycles. The van der Waals surface area contributed by atoms with Gasteiger partial charge in [0.25, 0.3) is 0 Å². The monoisotopic (exact) mass is 384 g/mol. The molecule has 140 valence electrons. The first-order valence-electron chi connectivity index (χ1n) is 8.25. The van der Waals surface area contributed by atoms with E-state index in [4.69, 9.17) is 4.74 Å². The molecule has 0 saturated heterocycles. The molecular weight excluding hydrogens is 364 g/mol. The maximum atomic E-state index is 11.7. The van der Waals surface area contributed by atoms with E-state index in [0.29, 0.717) is 22.7 Å². The van der Waals surface area contributed by atoms with Crippen molar-refractivity contribution >= 4 is 15.7 Å². The van der Waals surface area contributed by atoms with E-state index >= 15 is 0 Å². The van der Waals surface area contributed by atoms with Gasteiger partial charge >= 0.3 is 0 Å². The standard InChI is InChI=1S/C20H20N2O4S/c1-14-11-19(26-16-7-5-4-6-8-16)17(12-18(14)21-27(3,24)25)15-9-10-20(23)22(2)13-15/h4-13,21H,1-3H3. The van der Waals surface area contributed by atoms with Gasteiger partial charge in [-0.25, -0.2) is 8.42 Å². The van der Waals surface area contributed by atoms with Crippen molar-refractivity contribution in [1.29, 1.82) is 0 Å². The maximum absolute atomic E-state index is 11.7. The first-order valence-corrected chi connectivity index (χ1v) is 10.1. The fourth-order valence-electron chi connectivity index (χ4n) is 2.67. The Morgan fingerprint density at radius 2 is 1.74 bits per heavy atom. The van der Waals surface area contributed by atoms with Crippen molar-refractivity contribution < 1.29 is 13.2 Å². The molecule has 1 aromatic heterocycles. The second-order valence-electron chi connectivity index (χ2n) is 6.32. The Balaban J connectivity index is 2.17. The molecule has 0 saturated carbocycles. The van der Waals surface area contributed by atoms with Crippen LogP contribution in [0.2, 0.25) is 0 Å². The minimum absolute atomic E-state index is 0.133. The number of nitrogens with one attached hydrogen (secondary N) is 1. The molecule has 0 atom stereocenters. The Morgan fingerprint density at radius 3 is 2.37 bits per heavy atom. The van der Waals surface area contributed by atoms with Crippen molar-refractivity contribution in [3.05, 3.63) is 76.7 Å². The predicted octanol–water partition coefficient (Wildman–Crippen LogP) is 3.52. The number of aromatic nitrogens is 1. The lowest BCUT2D eigenvalue weighted by Gasteiger charge is -2.16. The van der Waals surface area contributed by atoms with Gasteiger partial charge < -0.3 is 9.30 Å². The zero-order valence-corrected chi connectivity index (χ0v) is 16.1. The Labute approximate surface area is 158 Å². The van der Waals surface area contributed by atoms with Crippen LogP contribution in [0.4, 0.5) is 5.69 Å². The van der Waals surface area contributed by atoms with Gasteiger partial charge in [0.05, 0.1) is 11.9 Å². The molecule has 1 heterocycles. The van der Waals surface area contributed by atoms with Crippen LogP contribution in [0.3, 0.4) is 0 Å². The fraction of sp³-hybridized carbons (Fsp3) is 0.150. The van der Waals surface area contributed by atoms with Crippen LogP contribution in [0.1, 0.15) is 5.56 Å². The average Bonchev–Trinajstić information content (AvgIpc) is 2.59. The molecular formula is C20H20N2O4S.